The van der Waals surface area contributed by atoms with Crippen LogP contribution in [-0.2, 0) is 0 Å². The summed E-state index contributed by atoms with van der Waals surface area (Å²) < 4.78 is 0. The summed E-state index contributed by atoms with van der Waals surface area (Å²) in [5.41, 5.74) is 6.07. The van der Waals surface area contributed by atoms with Crippen molar-refractivity contribution in [3.05, 3.63) is 17.8 Å². The fourth-order valence-electron chi connectivity index (χ4n) is 1.45. The summed E-state index contributed by atoms with van der Waals surface area (Å²) in [5.74, 6) is -0.735. The van der Waals surface area contributed by atoms with Crippen molar-refractivity contribution in [3.8, 4) is 6.07 Å². The third-order valence-electron chi connectivity index (χ3n) is 2.27. The third kappa shape index (κ3) is 3.08. The van der Waals surface area contributed by atoms with Gasteiger partial charge in [-0.1, -0.05) is 0 Å². The summed E-state index contributed by atoms with van der Waals surface area (Å²) >= 11 is 0. The zero-order valence-corrected chi connectivity index (χ0v) is 9.71. The van der Waals surface area contributed by atoms with Crippen LogP contribution in [0.3, 0.4) is 0 Å². The topological polar surface area (TPSA) is 103 Å². The number of aromatic nitrogens is 1. The van der Waals surface area contributed by atoms with E-state index in [9.17, 15) is 4.79 Å². The Labute approximate surface area is 99.3 Å². The SMILES string of the molecule is CC(C#N)CN(C)c1ncc(C(=O)O)cc1N. The minimum atomic E-state index is -1.07. The van der Waals surface area contributed by atoms with Crippen molar-refractivity contribution in [2.45, 2.75) is 6.92 Å². The number of hydrogen-bond donors (Lipinski definition) is 2. The number of aromatic carboxylic acids is 1. The van der Waals surface area contributed by atoms with Gasteiger partial charge in [-0.15, -0.1) is 0 Å². The van der Waals surface area contributed by atoms with Gasteiger partial charge in [-0.3, -0.25) is 0 Å². The van der Waals surface area contributed by atoms with Crippen LogP contribution in [0.15, 0.2) is 12.3 Å². The molecule has 0 radical (unpaired) electrons. The van der Waals surface area contributed by atoms with Gasteiger partial charge in [0.2, 0.25) is 0 Å². The molecule has 90 valence electrons. The van der Waals surface area contributed by atoms with Gasteiger partial charge in [0, 0.05) is 19.8 Å². The lowest BCUT2D eigenvalue weighted by Crippen LogP contribution is -2.25. The summed E-state index contributed by atoms with van der Waals surface area (Å²) in [6, 6.07) is 3.47. The average molecular weight is 234 g/mol. The fraction of sp³-hybridized carbons (Fsp3) is 0.364. The highest BCUT2D eigenvalue weighted by atomic mass is 16.4. The summed E-state index contributed by atoms with van der Waals surface area (Å²) in [6.45, 7) is 2.28. The maximum absolute atomic E-state index is 10.7. The molecule has 0 saturated carbocycles. The van der Waals surface area contributed by atoms with E-state index in [0.29, 0.717) is 12.4 Å². The Balaban J connectivity index is 2.93. The molecule has 1 heterocycles. The number of nitriles is 1. The number of carbonyl (C=O) groups is 1. The average Bonchev–Trinajstić information content (AvgIpc) is 2.28. The molecule has 0 aliphatic rings. The van der Waals surface area contributed by atoms with E-state index in [1.807, 2.05) is 0 Å². The molecule has 0 bridgehead atoms. The van der Waals surface area contributed by atoms with Crippen molar-refractivity contribution in [2.75, 3.05) is 24.2 Å². The van der Waals surface area contributed by atoms with E-state index in [-0.39, 0.29) is 17.2 Å². The molecule has 3 N–H and O–H groups in total. The predicted octanol–water partition coefficient (Wildman–Crippen LogP) is 0.958. The second-order valence-corrected chi connectivity index (χ2v) is 3.85. The van der Waals surface area contributed by atoms with Crippen molar-refractivity contribution < 1.29 is 9.90 Å². The smallest absolute Gasteiger partial charge is 0.337 e. The van der Waals surface area contributed by atoms with E-state index < -0.39 is 5.97 Å². The standard InChI is InChI=1S/C11H14N4O2/c1-7(4-12)6-15(2)10-9(13)3-8(5-14-10)11(16)17/h3,5,7H,6,13H2,1-2H3,(H,16,17). The number of rotatable bonds is 4. The van der Waals surface area contributed by atoms with Crippen LogP contribution in [-0.4, -0.2) is 29.7 Å². The molecule has 1 aromatic rings. The lowest BCUT2D eigenvalue weighted by Gasteiger charge is -2.20. The van der Waals surface area contributed by atoms with Crippen LogP contribution in [0, 0.1) is 17.2 Å². The van der Waals surface area contributed by atoms with Crippen LogP contribution in [0.4, 0.5) is 11.5 Å². The molecule has 1 rings (SSSR count). The number of carboxylic acids is 1. The van der Waals surface area contributed by atoms with Crippen LogP contribution in [0.1, 0.15) is 17.3 Å². The Bertz CT molecular complexity index is 467. The third-order valence-corrected chi connectivity index (χ3v) is 2.27. The first-order valence-electron chi connectivity index (χ1n) is 5.05. The van der Waals surface area contributed by atoms with Crippen LogP contribution < -0.4 is 10.6 Å². The molecule has 0 spiro atoms. The summed E-state index contributed by atoms with van der Waals surface area (Å²) in [5, 5.41) is 17.5. The van der Waals surface area contributed by atoms with Gasteiger partial charge in [0.25, 0.3) is 0 Å². The molecule has 0 aliphatic heterocycles. The minimum absolute atomic E-state index is 0.0491. The van der Waals surface area contributed by atoms with E-state index in [2.05, 4.69) is 11.1 Å². The molecule has 0 amide bonds. The van der Waals surface area contributed by atoms with Crippen molar-refractivity contribution in [2.24, 2.45) is 5.92 Å². The molecule has 0 fully saturated rings. The Morgan fingerprint density at radius 1 is 1.76 bits per heavy atom. The van der Waals surface area contributed by atoms with Crippen molar-refractivity contribution in [3.63, 3.8) is 0 Å². The molecular weight excluding hydrogens is 220 g/mol. The van der Waals surface area contributed by atoms with E-state index in [1.54, 1.807) is 18.9 Å². The van der Waals surface area contributed by atoms with Gasteiger partial charge < -0.3 is 15.7 Å². The number of nitrogen functional groups attached to an aromatic ring is 1. The molecule has 1 atom stereocenters. The van der Waals surface area contributed by atoms with Crippen LogP contribution in [0.2, 0.25) is 0 Å². The minimum Gasteiger partial charge on any atom is -0.478 e. The Morgan fingerprint density at radius 3 is 2.88 bits per heavy atom. The highest BCUT2D eigenvalue weighted by molar-refractivity contribution is 5.89. The van der Waals surface area contributed by atoms with Crippen molar-refractivity contribution in [1.29, 1.82) is 5.26 Å². The molecule has 0 aliphatic carbocycles. The van der Waals surface area contributed by atoms with Gasteiger partial charge >= 0.3 is 5.97 Å². The van der Waals surface area contributed by atoms with E-state index >= 15 is 0 Å². The zero-order valence-electron chi connectivity index (χ0n) is 9.71. The highest BCUT2D eigenvalue weighted by Gasteiger charge is 2.13. The number of nitrogens with zero attached hydrogens (tertiary/aromatic N) is 3. The molecule has 1 aromatic heterocycles. The first-order chi connectivity index (χ1) is 7.95. The second kappa shape index (κ2) is 5.16. The van der Waals surface area contributed by atoms with Gasteiger partial charge in [0.1, 0.15) is 0 Å². The molecule has 6 nitrogen and oxygen atoms in total. The summed E-state index contributed by atoms with van der Waals surface area (Å²) in [4.78, 5) is 16.4. The first-order valence-corrected chi connectivity index (χ1v) is 5.05. The van der Waals surface area contributed by atoms with Gasteiger partial charge in [-0.2, -0.15) is 5.26 Å². The summed E-state index contributed by atoms with van der Waals surface area (Å²) in [6.07, 6.45) is 1.25. The predicted molar refractivity (Wildman–Crippen MR) is 63.7 cm³/mol. The fourth-order valence-corrected chi connectivity index (χ4v) is 1.45. The molecule has 6 heteroatoms. The Morgan fingerprint density at radius 2 is 2.41 bits per heavy atom. The molecule has 0 saturated heterocycles. The second-order valence-electron chi connectivity index (χ2n) is 3.85. The monoisotopic (exact) mass is 234 g/mol. The van der Waals surface area contributed by atoms with E-state index in [0.717, 1.165) is 0 Å². The number of anilines is 2. The number of carboxylic acid groups (broad SMARTS) is 1. The van der Waals surface area contributed by atoms with Crippen molar-refractivity contribution >= 4 is 17.5 Å². The largest absolute Gasteiger partial charge is 0.478 e. The number of hydrogen-bond acceptors (Lipinski definition) is 5. The first kappa shape index (κ1) is 12.8. The Hall–Kier alpha value is -2.29. The van der Waals surface area contributed by atoms with Gasteiger partial charge in [0.15, 0.2) is 5.82 Å². The molecule has 1 unspecified atom stereocenters. The molecule has 17 heavy (non-hydrogen) atoms. The lowest BCUT2D eigenvalue weighted by molar-refractivity contribution is 0.0696. The summed E-state index contributed by atoms with van der Waals surface area (Å²) in [7, 11) is 1.76. The molecular formula is C11H14N4O2. The quantitative estimate of drug-likeness (QED) is 0.804. The van der Waals surface area contributed by atoms with Crippen LogP contribution >= 0.6 is 0 Å². The van der Waals surface area contributed by atoms with Gasteiger partial charge in [-0.25, -0.2) is 9.78 Å². The number of pyridine rings is 1. The normalized spacial score (nSPS) is 11.6. The maximum Gasteiger partial charge on any atom is 0.337 e. The number of nitrogens with two attached hydrogens (primary N) is 1. The van der Waals surface area contributed by atoms with E-state index in [1.165, 1.54) is 12.3 Å². The van der Waals surface area contributed by atoms with Crippen LogP contribution in [0.25, 0.3) is 0 Å². The maximum atomic E-state index is 10.7. The van der Waals surface area contributed by atoms with Crippen LogP contribution in [0.5, 0.6) is 0 Å². The van der Waals surface area contributed by atoms with Gasteiger partial charge in [-0.05, 0) is 13.0 Å². The zero-order chi connectivity index (χ0) is 13.0. The highest BCUT2D eigenvalue weighted by Crippen LogP contribution is 2.20. The Kier molecular flexibility index (Phi) is 3.88. The molecule has 0 aromatic carbocycles. The van der Waals surface area contributed by atoms with E-state index in [4.69, 9.17) is 16.1 Å². The van der Waals surface area contributed by atoms with Crippen molar-refractivity contribution in [1.82, 2.24) is 4.98 Å². The lowest BCUT2D eigenvalue weighted by atomic mass is 10.2. The van der Waals surface area contributed by atoms with Gasteiger partial charge in [0.05, 0.1) is 23.2 Å².